The lowest BCUT2D eigenvalue weighted by molar-refractivity contribution is -0.133. The van der Waals surface area contributed by atoms with Crippen LogP contribution in [0.15, 0.2) is 83.5 Å². The summed E-state index contributed by atoms with van der Waals surface area (Å²) in [6.45, 7) is 7.78. The maximum absolute atomic E-state index is 14.0. The molecule has 0 spiro atoms. The zero-order valence-corrected chi connectivity index (χ0v) is 23.2. The minimum absolute atomic E-state index is 0.197. The molecule has 0 saturated heterocycles. The zero-order chi connectivity index (χ0) is 28.1. The molecule has 1 aliphatic heterocycles. The number of nitrogens with one attached hydrogen (secondary N) is 1. The Morgan fingerprint density at radius 2 is 1.68 bits per heavy atom. The summed E-state index contributed by atoms with van der Waals surface area (Å²) in [6.07, 6.45) is 2.15. The molecule has 0 bridgehead atoms. The number of ether oxygens (including phenoxy) is 2. The average Bonchev–Trinajstić information content (AvgIpc) is 3.64. The molecule has 0 aliphatic carbocycles. The van der Waals surface area contributed by atoms with Crippen molar-refractivity contribution in [2.24, 2.45) is 0 Å². The summed E-state index contributed by atoms with van der Waals surface area (Å²) >= 11 is 0. The van der Waals surface area contributed by atoms with Gasteiger partial charge in [0.05, 0.1) is 31.7 Å². The molecular weight excluding hydrogens is 506 g/mol. The van der Waals surface area contributed by atoms with E-state index in [1.807, 2.05) is 92.1 Å². The van der Waals surface area contributed by atoms with Crippen LogP contribution in [0.25, 0.3) is 11.5 Å². The monoisotopic (exact) mass is 541 g/mol. The number of hydrogen-bond acceptors (Lipinski definition) is 5. The fourth-order valence-corrected chi connectivity index (χ4v) is 5.22. The Labute approximate surface area is 234 Å². The normalized spacial score (nSPS) is 16.5. The third-order valence-electron chi connectivity index (χ3n) is 7.30. The third-order valence-corrected chi connectivity index (χ3v) is 7.30. The van der Waals surface area contributed by atoms with Crippen LogP contribution < -0.4 is 14.8 Å². The number of nitrogens with zero attached hydrogens (tertiary/aromatic N) is 2. The fourth-order valence-electron chi connectivity index (χ4n) is 5.22. The van der Waals surface area contributed by atoms with E-state index < -0.39 is 5.54 Å². The van der Waals surface area contributed by atoms with E-state index in [9.17, 15) is 9.59 Å². The van der Waals surface area contributed by atoms with Crippen molar-refractivity contribution < 1.29 is 23.5 Å². The lowest BCUT2D eigenvalue weighted by Crippen LogP contribution is -2.64. The van der Waals surface area contributed by atoms with E-state index in [1.54, 1.807) is 17.2 Å². The smallest absolute Gasteiger partial charge is 0.271 e. The minimum Gasteiger partial charge on any atom is -0.490 e. The van der Waals surface area contributed by atoms with Crippen LogP contribution >= 0.6 is 0 Å². The second kappa shape index (κ2) is 11.7. The van der Waals surface area contributed by atoms with Crippen LogP contribution in [-0.2, 0) is 24.3 Å². The van der Waals surface area contributed by atoms with Crippen LogP contribution in [0.2, 0.25) is 0 Å². The minimum atomic E-state index is -1.13. The summed E-state index contributed by atoms with van der Waals surface area (Å²) in [5, 5.41) is 3.08. The second-order valence-electron chi connectivity index (χ2n) is 9.96. The molecule has 1 atom stereocenters. The Hall–Kier alpha value is -4.46. The summed E-state index contributed by atoms with van der Waals surface area (Å²) in [6, 6.07) is 22.9. The van der Waals surface area contributed by atoms with E-state index in [1.165, 1.54) is 0 Å². The van der Waals surface area contributed by atoms with Gasteiger partial charge in [0.15, 0.2) is 11.5 Å². The van der Waals surface area contributed by atoms with Crippen LogP contribution in [0.4, 0.5) is 0 Å². The molecule has 40 heavy (non-hydrogen) atoms. The summed E-state index contributed by atoms with van der Waals surface area (Å²) in [5.41, 5.74) is 2.14. The first-order valence-electron chi connectivity index (χ1n) is 13.7. The van der Waals surface area contributed by atoms with Crippen LogP contribution in [-0.4, -0.2) is 46.6 Å². The molecule has 8 nitrogen and oxygen atoms in total. The van der Waals surface area contributed by atoms with Crippen molar-refractivity contribution in [2.45, 2.75) is 45.8 Å². The third kappa shape index (κ3) is 5.34. The molecule has 2 amide bonds. The predicted octanol–water partition coefficient (Wildman–Crippen LogP) is 5.32. The standard InChI is InChI=1S/C32H35N3O5/c1-4-38-28-16-13-23(20-29(28)39-5-2)17-18-35-30(36)26-15-14-25(27-12-9-19-40-27)34(26)22-32(35,3)31(37)33-21-24-10-7-6-8-11-24/h6-16,19-20H,4-5,17-18,21-22H2,1-3H3,(H,33,37)/t32-/m1/s1. The number of amides is 2. The largest absolute Gasteiger partial charge is 0.490 e. The number of benzene rings is 2. The molecule has 208 valence electrons. The first-order valence-corrected chi connectivity index (χ1v) is 13.7. The van der Waals surface area contributed by atoms with Gasteiger partial charge < -0.3 is 28.7 Å². The van der Waals surface area contributed by atoms with Crippen LogP contribution in [0, 0.1) is 0 Å². The Morgan fingerprint density at radius 3 is 2.40 bits per heavy atom. The van der Waals surface area contributed by atoms with E-state index in [-0.39, 0.29) is 11.8 Å². The molecular formula is C32H35N3O5. The van der Waals surface area contributed by atoms with Crippen molar-refractivity contribution >= 4 is 11.8 Å². The summed E-state index contributed by atoms with van der Waals surface area (Å²) in [4.78, 5) is 29.5. The quantitative estimate of drug-likeness (QED) is 0.278. The van der Waals surface area contributed by atoms with Crippen LogP contribution in [0.5, 0.6) is 11.5 Å². The van der Waals surface area contributed by atoms with Crippen molar-refractivity contribution in [3.8, 4) is 23.0 Å². The summed E-state index contributed by atoms with van der Waals surface area (Å²) < 4.78 is 19.0. The number of rotatable bonds is 11. The van der Waals surface area contributed by atoms with Crippen molar-refractivity contribution in [1.29, 1.82) is 0 Å². The van der Waals surface area contributed by atoms with E-state index in [2.05, 4.69) is 5.32 Å². The van der Waals surface area contributed by atoms with Gasteiger partial charge in [-0.2, -0.15) is 0 Å². The van der Waals surface area contributed by atoms with Crippen LogP contribution in [0.1, 0.15) is 42.4 Å². The number of hydrogen-bond donors (Lipinski definition) is 1. The highest BCUT2D eigenvalue weighted by Crippen LogP contribution is 2.34. The average molecular weight is 542 g/mol. The lowest BCUT2D eigenvalue weighted by atomic mass is 9.93. The SMILES string of the molecule is CCOc1ccc(CCN2C(=O)c3ccc(-c4ccco4)n3C[C@]2(C)C(=O)NCc2ccccc2)cc1OCC. The van der Waals surface area contributed by atoms with Gasteiger partial charge in [0, 0.05) is 13.1 Å². The molecule has 4 aromatic rings. The molecule has 3 heterocycles. The number of fused-ring (bicyclic) bond motifs is 1. The van der Waals surface area contributed by atoms with Crippen molar-refractivity contribution in [3.05, 3.63) is 95.9 Å². The van der Waals surface area contributed by atoms with Crippen molar-refractivity contribution in [1.82, 2.24) is 14.8 Å². The first kappa shape index (κ1) is 27.1. The number of aromatic nitrogens is 1. The van der Waals surface area contributed by atoms with Crippen LogP contribution in [0.3, 0.4) is 0 Å². The van der Waals surface area contributed by atoms with Gasteiger partial charge in [-0.05, 0) is 74.7 Å². The van der Waals surface area contributed by atoms with Gasteiger partial charge in [-0.25, -0.2) is 0 Å². The summed E-state index contributed by atoms with van der Waals surface area (Å²) in [7, 11) is 0. The Bertz CT molecular complexity index is 1460. The Kier molecular flexibility index (Phi) is 7.96. The Morgan fingerprint density at radius 1 is 0.925 bits per heavy atom. The van der Waals surface area contributed by atoms with Gasteiger partial charge in [-0.3, -0.25) is 9.59 Å². The summed E-state index contributed by atoms with van der Waals surface area (Å²) in [5.74, 6) is 1.61. The molecule has 0 saturated carbocycles. The van der Waals surface area contributed by atoms with Gasteiger partial charge in [-0.1, -0.05) is 36.4 Å². The van der Waals surface area contributed by atoms with E-state index in [4.69, 9.17) is 13.9 Å². The van der Waals surface area contributed by atoms with E-state index in [0.717, 1.165) is 16.8 Å². The Balaban J connectivity index is 1.44. The lowest BCUT2D eigenvalue weighted by Gasteiger charge is -2.44. The fraction of sp³-hybridized carbons (Fsp3) is 0.312. The first-order chi connectivity index (χ1) is 19.4. The van der Waals surface area contributed by atoms with Gasteiger partial charge in [0.25, 0.3) is 5.91 Å². The molecule has 8 heteroatoms. The van der Waals surface area contributed by atoms with Gasteiger partial charge in [-0.15, -0.1) is 0 Å². The highest BCUT2D eigenvalue weighted by atomic mass is 16.5. The van der Waals surface area contributed by atoms with Gasteiger partial charge >= 0.3 is 0 Å². The molecule has 0 fully saturated rings. The zero-order valence-electron chi connectivity index (χ0n) is 23.2. The van der Waals surface area contributed by atoms with Gasteiger partial charge in [0.1, 0.15) is 17.0 Å². The number of carbonyl (C=O) groups excluding carboxylic acids is 2. The van der Waals surface area contributed by atoms with E-state index >= 15 is 0 Å². The molecule has 1 aliphatic rings. The molecule has 0 radical (unpaired) electrons. The molecule has 1 N–H and O–H groups in total. The highest BCUT2D eigenvalue weighted by molar-refractivity contribution is 6.00. The van der Waals surface area contributed by atoms with Crippen molar-refractivity contribution in [3.63, 3.8) is 0 Å². The topological polar surface area (TPSA) is 85.9 Å². The molecule has 2 aromatic carbocycles. The maximum atomic E-state index is 14.0. The second-order valence-corrected chi connectivity index (χ2v) is 9.96. The predicted molar refractivity (Wildman–Crippen MR) is 152 cm³/mol. The van der Waals surface area contributed by atoms with E-state index in [0.29, 0.717) is 62.2 Å². The molecule has 5 rings (SSSR count). The maximum Gasteiger partial charge on any atom is 0.271 e. The highest BCUT2D eigenvalue weighted by Gasteiger charge is 2.47. The molecule has 2 aromatic heterocycles. The van der Waals surface area contributed by atoms with Gasteiger partial charge in [0.2, 0.25) is 5.91 Å². The number of carbonyl (C=O) groups is 2. The van der Waals surface area contributed by atoms with Crippen molar-refractivity contribution in [2.75, 3.05) is 19.8 Å². The number of furan rings is 1. The molecule has 0 unspecified atom stereocenters.